The van der Waals surface area contributed by atoms with E-state index in [9.17, 15) is 48.4 Å². The number of azo groups is 2. The average Bonchev–Trinajstić information content (AvgIpc) is 3.59. The minimum absolute atomic E-state index is 0. The largest absolute Gasteiger partial charge is 3.00 e. The maximum atomic E-state index is 12.7. The minimum Gasteiger partial charge on any atom is -0.871 e. The number of aryl methyl sites for hydroxylation is 2. The monoisotopic (exact) mass is 808 g/mol. The summed E-state index contributed by atoms with van der Waals surface area (Å²) in [5.41, 5.74) is -0.564. The van der Waals surface area contributed by atoms with Crippen molar-refractivity contribution in [1.82, 2.24) is 19.6 Å². The third-order valence-corrected chi connectivity index (χ3v) is 8.33. The number of aromatic amines is 2. The number of nitro benzene ring substituents is 2. The summed E-state index contributed by atoms with van der Waals surface area (Å²) < 4.78 is 25.6. The number of non-ortho nitro benzene ring substituents is 2. The Morgan fingerprint density at radius 3 is 1.69 bits per heavy atom. The summed E-state index contributed by atoms with van der Waals surface area (Å²) in [7, 11) is -3.72. The Labute approximate surface area is 319 Å². The number of benzene rings is 4. The van der Waals surface area contributed by atoms with Crippen molar-refractivity contribution < 1.29 is 51.0 Å². The van der Waals surface area contributed by atoms with Gasteiger partial charge in [-0.15, -0.1) is 10.2 Å². The zero-order valence-corrected chi connectivity index (χ0v) is 30.4. The van der Waals surface area contributed by atoms with Gasteiger partial charge in [-0.2, -0.15) is 18.6 Å². The molecule has 21 nitrogen and oxygen atoms in total. The molecule has 1 radical (unpaired) electrons. The molecule has 0 amide bonds. The van der Waals surface area contributed by atoms with Crippen LogP contribution in [0.25, 0.3) is 11.4 Å². The van der Waals surface area contributed by atoms with Crippen molar-refractivity contribution in [2.24, 2.45) is 20.5 Å². The number of nitro groups is 2. The number of H-pyrrole nitrogens is 2. The van der Waals surface area contributed by atoms with E-state index in [4.69, 9.17) is 0 Å². The summed E-state index contributed by atoms with van der Waals surface area (Å²) in [6.07, 6.45) is 0. The van der Waals surface area contributed by atoms with Crippen molar-refractivity contribution in [3.05, 3.63) is 143 Å². The molecule has 2 aromatic heterocycles. The van der Waals surface area contributed by atoms with Crippen molar-refractivity contribution >= 4 is 44.1 Å². The van der Waals surface area contributed by atoms with Gasteiger partial charge in [0.15, 0.2) is 11.4 Å². The summed E-state index contributed by atoms with van der Waals surface area (Å²) in [5, 5.41) is 68.8. The van der Waals surface area contributed by atoms with Gasteiger partial charge in [0.25, 0.3) is 22.5 Å². The van der Waals surface area contributed by atoms with Gasteiger partial charge in [-0.05, 0) is 50.2 Å². The first-order chi connectivity index (χ1) is 25.5. The molecule has 55 heavy (non-hydrogen) atoms. The van der Waals surface area contributed by atoms with Crippen LogP contribution in [0.1, 0.15) is 11.4 Å². The van der Waals surface area contributed by atoms with E-state index in [-0.39, 0.29) is 62.1 Å². The summed E-state index contributed by atoms with van der Waals surface area (Å²) >= 11 is 0. The molecule has 0 spiro atoms. The molecule has 0 aliphatic rings. The third-order valence-electron chi connectivity index (χ3n) is 7.35. The first kappa shape index (κ1) is 40.7. The fraction of sp³-hybridized carbons (Fsp3) is 0.0625. The molecule has 0 saturated heterocycles. The Hall–Kier alpha value is -7.06. The van der Waals surface area contributed by atoms with Gasteiger partial charge < -0.3 is 10.2 Å². The molecule has 6 rings (SSSR count). The van der Waals surface area contributed by atoms with E-state index in [1.54, 1.807) is 31.2 Å². The molecular weight excluding hydrogens is 782 g/mol. The van der Waals surface area contributed by atoms with E-state index in [0.29, 0.717) is 17.1 Å². The van der Waals surface area contributed by atoms with Crippen LogP contribution in [0.4, 0.5) is 34.1 Å². The smallest absolute Gasteiger partial charge is 0.871 e. The van der Waals surface area contributed by atoms with Gasteiger partial charge in [0, 0.05) is 24.3 Å². The Bertz CT molecular complexity index is 2700. The first-order valence-corrected chi connectivity index (χ1v) is 16.8. The molecule has 0 fully saturated rings. The molecule has 6 aromatic rings. The predicted octanol–water partition coefficient (Wildman–Crippen LogP) is 3.67. The second-order valence-electron chi connectivity index (χ2n) is 11.1. The summed E-state index contributed by atoms with van der Waals surface area (Å²) in [6.45, 7) is 3.18. The molecule has 0 aliphatic carbocycles. The van der Waals surface area contributed by atoms with Crippen molar-refractivity contribution in [2.75, 3.05) is 0 Å². The number of hydrogen-bond acceptors (Lipinski definition) is 14. The molecule has 0 unspecified atom stereocenters. The molecule has 0 aliphatic heterocycles. The maximum absolute atomic E-state index is 12.7. The number of quaternary nitrogens is 1. The van der Waals surface area contributed by atoms with Crippen LogP contribution < -0.4 is 26.5 Å². The van der Waals surface area contributed by atoms with Gasteiger partial charge >= 0.3 is 27.4 Å². The Balaban J connectivity index is 0.000000243. The van der Waals surface area contributed by atoms with Crippen LogP contribution in [-0.4, -0.2) is 37.8 Å². The van der Waals surface area contributed by atoms with Crippen LogP contribution in [0.2, 0.25) is 0 Å². The number of hydrogen-bond donors (Lipinski definition) is 3. The van der Waals surface area contributed by atoms with Crippen molar-refractivity contribution in [3.63, 3.8) is 0 Å². The molecule has 279 valence electrons. The molecule has 0 bridgehead atoms. The van der Waals surface area contributed by atoms with Crippen LogP contribution in [-0.2, 0) is 27.4 Å². The van der Waals surface area contributed by atoms with E-state index in [2.05, 4.69) is 35.8 Å². The van der Waals surface area contributed by atoms with Crippen LogP contribution in [0, 0.1) is 34.1 Å². The van der Waals surface area contributed by atoms with Gasteiger partial charge in [-0.25, -0.2) is 14.5 Å². The Kier molecular flexibility index (Phi) is 12.4. The van der Waals surface area contributed by atoms with E-state index in [0.717, 1.165) is 35.0 Å². The van der Waals surface area contributed by atoms with E-state index < -0.39 is 42.5 Å². The normalized spacial score (nSPS) is 11.3. The third kappa shape index (κ3) is 9.31. The molecule has 4 aromatic carbocycles. The van der Waals surface area contributed by atoms with Gasteiger partial charge in [0.05, 0.1) is 44.0 Å². The predicted molar refractivity (Wildman–Crippen MR) is 186 cm³/mol. The van der Waals surface area contributed by atoms with Crippen LogP contribution in [0.15, 0.2) is 126 Å². The summed E-state index contributed by atoms with van der Waals surface area (Å²) in [6, 6.07) is 20.7. The van der Waals surface area contributed by atoms with E-state index in [1.165, 1.54) is 41.9 Å². The summed E-state index contributed by atoms with van der Waals surface area (Å²) in [4.78, 5) is 45.1. The van der Waals surface area contributed by atoms with Gasteiger partial charge in [0.2, 0.25) is 0 Å². The SMILES string of the molecule is Cc1[nH]n(-c2cccc(S([NH3+])(=O)=O)c2)c(=O)c1N=Nc1cc([N+](=O)[O-])ccc1[O-].Cc1[nH]n(-c2ccccc2)c(=O)c1N=Nc1ccc([N+](=O)[O-])cc1[O-].[Cr+3]. The zero-order valence-electron chi connectivity index (χ0n) is 28.3. The standard InChI is InChI=1S/C16H14N6O6S.C16H13N5O4.Cr/c1-9-15(19-18-13-8-11(22(25)26)5-6-14(13)23)16(24)21(20-9)10-3-2-4-12(7-10)29(17,27)28;1-10-15(16(23)20(19-10)11-5-3-2-4-6-11)18-17-13-8-7-12(21(24)25)9-14(13)22;/h2-8,20,23H,1H3,(H2,17,27,28);2-9,19,22H,1H3;/q;;+3/p-1. The number of para-hydroxylation sites is 1. The Morgan fingerprint density at radius 1 is 0.636 bits per heavy atom. The minimum atomic E-state index is -3.72. The van der Waals surface area contributed by atoms with Crippen molar-refractivity contribution in [2.45, 2.75) is 18.7 Å². The number of nitrogens with zero attached hydrogens (tertiary/aromatic N) is 8. The van der Waals surface area contributed by atoms with E-state index in [1.807, 2.05) is 6.07 Å². The molecule has 0 saturated carbocycles. The second-order valence-corrected chi connectivity index (χ2v) is 12.8. The van der Waals surface area contributed by atoms with Crippen LogP contribution in [0.3, 0.4) is 0 Å². The van der Waals surface area contributed by atoms with Crippen LogP contribution in [0.5, 0.6) is 11.5 Å². The molecule has 5 N–H and O–H groups in total. The Morgan fingerprint density at radius 2 is 1.15 bits per heavy atom. The van der Waals surface area contributed by atoms with Crippen LogP contribution >= 0.6 is 0 Å². The zero-order chi connectivity index (χ0) is 39.3. The molecule has 23 heteroatoms. The topological polar surface area (TPSA) is 319 Å². The molecule has 2 heterocycles. The number of sulfonamides is 1. The average molecular weight is 809 g/mol. The fourth-order valence-electron chi connectivity index (χ4n) is 4.67. The number of aromatic nitrogens is 4. The number of nitrogens with one attached hydrogen (secondary N) is 2. The van der Waals surface area contributed by atoms with Gasteiger partial charge in [0.1, 0.15) is 4.90 Å². The van der Waals surface area contributed by atoms with Crippen molar-refractivity contribution in [1.29, 1.82) is 0 Å². The molecule has 0 atom stereocenters. The van der Waals surface area contributed by atoms with Gasteiger partial charge in [-0.3, -0.25) is 40.0 Å². The van der Waals surface area contributed by atoms with E-state index >= 15 is 0 Å². The summed E-state index contributed by atoms with van der Waals surface area (Å²) in [5.74, 6) is -1.24. The quantitative estimate of drug-likeness (QED) is 0.108. The van der Waals surface area contributed by atoms with Gasteiger partial charge in [-0.1, -0.05) is 41.8 Å². The maximum Gasteiger partial charge on any atom is 3.00 e. The van der Waals surface area contributed by atoms with Crippen molar-refractivity contribution in [3.8, 4) is 22.9 Å². The second kappa shape index (κ2) is 16.7. The first-order valence-electron chi connectivity index (χ1n) is 15.2. The fourth-order valence-corrected chi connectivity index (χ4v) is 5.26. The number of rotatable bonds is 9. The molecular formula is C32H26CrN11O10S+2.